The van der Waals surface area contributed by atoms with Crippen LogP contribution in [-0.4, -0.2) is 39.5 Å². The number of nitrogens with zero attached hydrogens (tertiary/aromatic N) is 4. The lowest BCUT2D eigenvalue weighted by atomic mass is 10.1. The van der Waals surface area contributed by atoms with E-state index < -0.39 is 0 Å². The van der Waals surface area contributed by atoms with E-state index in [2.05, 4.69) is 15.2 Å². The third kappa shape index (κ3) is 4.15. The van der Waals surface area contributed by atoms with Gasteiger partial charge in [-0.15, -0.1) is 0 Å². The zero-order valence-corrected chi connectivity index (χ0v) is 19.4. The number of carbonyl (C=O) groups is 1. The van der Waals surface area contributed by atoms with E-state index in [4.69, 9.17) is 21.3 Å². The minimum Gasteiger partial charge on any atom is -0.480 e. The number of aryl methyl sites for hydroxylation is 1. The lowest BCUT2D eigenvalue weighted by molar-refractivity contribution is -0.120. The molecule has 0 radical (unpaired) electrons. The van der Waals surface area contributed by atoms with Crippen molar-refractivity contribution < 1.29 is 9.53 Å². The van der Waals surface area contributed by atoms with Crippen LogP contribution in [0.25, 0.3) is 10.9 Å². The van der Waals surface area contributed by atoms with Crippen LogP contribution in [0.1, 0.15) is 32.6 Å². The summed E-state index contributed by atoms with van der Waals surface area (Å²) in [5.41, 5.74) is 1.24. The van der Waals surface area contributed by atoms with Crippen LogP contribution in [0.4, 0.5) is 17.5 Å². The number of hydrogen-bond acceptors (Lipinski definition) is 7. The van der Waals surface area contributed by atoms with Gasteiger partial charge in [0, 0.05) is 37.1 Å². The van der Waals surface area contributed by atoms with Gasteiger partial charge in [-0.25, -0.2) is 4.98 Å². The van der Waals surface area contributed by atoms with Crippen LogP contribution in [0.15, 0.2) is 35.3 Å². The van der Waals surface area contributed by atoms with Crippen molar-refractivity contribution in [2.45, 2.75) is 38.6 Å². The molecule has 1 aromatic carbocycles. The second-order valence-electron chi connectivity index (χ2n) is 8.80. The van der Waals surface area contributed by atoms with Crippen molar-refractivity contribution in [3.05, 3.63) is 45.8 Å². The number of aromatic nitrogens is 3. The maximum Gasteiger partial charge on any atom is 0.293 e. The van der Waals surface area contributed by atoms with Crippen molar-refractivity contribution in [2.75, 3.05) is 23.4 Å². The Morgan fingerprint density at radius 1 is 1.30 bits per heavy atom. The molecule has 1 aliphatic carbocycles. The fourth-order valence-electron chi connectivity index (χ4n) is 4.78. The lowest BCUT2D eigenvalue weighted by Gasteiger charge is -2.27. The monoisotopic (exact) mass is 467 g/mol. The van der Waals surface area contributed by atoms with Gasteiger partial charge in [0.1, 0.15) is 11.6 Å². The highest BCUT2D eigenvalue weighted by molar-refractivity contribution is 6.32. The second-order valence-corrected chi connectivity index (χ2v) is 9.21. The molecule has 2 atom stereocenters. The molecule has 1 N–H and O–H groups in total. The van der Waals surface area contributed by atoms with E-state index in [-0.39, 0.29) is 23.7 Å². The Balaban J connectivity index is 1.43. The van der Waals surface area contributed by atoms with Crippen molar-refractivity contribution >= 4 is 45.7 Å². The molecule has 2 fully saturated rings. The first-order valence-electron chi connectivity index (χ1n) is 11.3. The minimum atomic E-state index is -0.282. The number of hydrogen-bond donors (Lipinski definition) is 1. The maximum absolute atomic E-state index is 12.6. The highest BCUT2D eigenvalue weighted by Gasteiger charge is 2.39. The summed E-state index contributed by atoms with van der Waals surface area (Å²) in [5, 5.41) is 4.52. The predicted molar refractivity (Wildman–Crippen MR) is 129 cm³/mol. The number of ketones is 1. The molecule has 3 aromatic rings. The van der Waals surface area contributed by atoms with Gasteiger partial charge in [0.05, 0.1) is 11.7 Å². The third-order valence-electron chi connectivity index (χ3n) is 6.63. The van der Waals surface area contributed by atoms with Crippen molar-refractivity contribution in [3.63, 3.8) is 0 Å². The van der Waals surface area contributed by atoms with Gasteiger partial charge in [0.15, 0.2) is 17.4 Å². The number of rotatable bonds is 7. The van der Waals surface area contributed by atoms with Crippen LogP contribution < -0.4 is 20.5 Å². The number of halogens is 1. The zero-order valence-electron chi connectivity index (χ0n) is 18.7. The van der Waals surface area contributed by atoms with Crippen molar-refractivity contribution in [1.29, 1.82) is 0 Å². The number of Topliss-reactive ketones (excluding diaryl/α,β-unsaturated/α-hetero) is 1. The van der Waals surface area contributed by atoms with Crippen molar-refractivity contribution in [3.8, 4) is 5.75 Å². The summed E-state index contributed by atoms with van der Waals surface area (Å²) in [6.45, 7) is 2.64. The first kappa shape index (κ1) is 21.7. The Kier molecular flexibility index (Phi) is 5.70. The van der Waals surface area contributed by atoms with Crippen molar-refractivity contribution in [1.82, 2.24) is 14.5 Å². The summed E-state index contributed by atoms with van der Waals surface area (Å²) < 4.78 is 7.02. The van der Waals surface area contributed by atoms with E-state index in [9.17, 15) is 9.59 Å². The molecule has 2 aliphatic rings. The van der Waals surface area contributed by atoms with Gasteiger partial charge in [-0.05, 0) is 49.4 Å². The van der Waals surface area contributed by atoms with Gasteiger partial charge in [-0.1, -0.05) is 18.5 Å². The molecule has 5 rings (SSSR count). The average Bonchev–Trinajstić information content (AvgIpc) is 3.45. The number of carbonyl (C=O) groups excluding carboxylic acids is 1. The number of benzene rings is 1. The zero-order chi connectivity index (χ0) is 23.1. The SMILES string of the molecule is CCC(=O)COc1cc2cc(Nc3nc(N4CC5CCC4C5)ncc3Cl)ccc2n(C)c1=O. The predicted octanol–water partition coefficient (Wildman–Crippen LogP) is 4.07. The lowest BCUT2D eigenvalue weighted by Crippen LogP contribution is -2.33. The van der Waals surface area contributed by atoms with Crippen molar-refractivity contribution in [2.24, 2.45) is 13.0 Å². The van der Waals surface area contributed by atoms with Crippen LogP contribution in [0.5, 0.6) is 5.75 Å². The number of piperidine rings is 1. The Morgan fingerprint density at radius 3 is 2.88 bits per heavy atom. The van der Waals surface area contributed by atoms with Gasteiger partial charge >= 0.3 is 0 Å². The van der Waals surface area contributed by atoms with E-state index >= 15 is 0 Å². The Bertz CT molecular complexity index is 1290. The highest BCUT2D eigenvalue weighted by atomic mass is 35.5. The number of nitrogens with one attached hydrogen (secondary N) is 1. The summed E-state index contributed by atoms with van der Waals surface area (Å²) in [5.74, 6) is 2.07. The van der Waals surface area contributed by atoms with E-state index in [1.165, 1.54) is 23.8 Å². The molecule has 2 unspecified atom stereocenters. The van der Waals surface area contributed by atoms with Crippen LogP contribution in [0, 0.1) is 5.92 Å². The molecule has 0 spiro atoms. The molecule has 3 heterocycles. The molecule has 0 amide bonds. The van der Waals surface area contributed by atoms with Gasteiger partial charge in [-0.2, -0.15) is 4.98 Å². The topological polar surface area (TPSA) is 89.3 Å². The molecule has 2 bridgehead atoms. The summed E-state index contributed by atoms with van der Waals surface area (Å²) in [6.07, 6.45) is 5.70. The summed E-state index contributed by atoms with van der Waals surface area (Å²) in [6, 6.07) is 7.82. The Morgan fingerprint density at radius 2 is 2.15 bits per heavy atom. The molecule has 1 aliphatic heterocycles. The van der Waals surface area contributed by atoms with Gasteiger partial charge < -0.3 is 19.5 Å². The molecule has 1 saturated carbocycles. The van der Waals surface area contributed by atoms with Gasteiger partial charge in [0.2, 0.25) is 5.95 Å². The van der Waals surface area contributed by atoms with E-state index in [1.807, 2.05) is 18.2 Å². The normalized spacial score (nSPS) is 19.3. The third-order valence-corrected chi connectivity index (χ3v) is 6.91. The molecule has 2 aromatic heterocycles. The largest absolute Gasteiger partial charge is 0.480 e. The summed E-state index contributed by atoms with van der Waals surface area (Å²) >= 11 is 6.40. The van der Waals surface area contributed by atoms with E-state index in [0.29, 0.717) is 29.3 Å². The molecule has 33 heavy (non-hydrogen) atoms. The quantitative estimate of drug-likeness (QED) is 0.560. The number of anilines is 3. The first-order chi connectivity index (χ1) is 15.9. The number of fused-ring (bicyclic) bond motifs is 3. The molecule has 8 nitrogen and oxygen atoms in total. The standard InChI is InChI=1S/C24H26ClN5O3/c1-3-18(31)13-33-21-10-15-9-16(5-7-20(15)29(2)23(21)32)27-22-19(25)11-26-24(28-22)30-12-14-4-6-17(30)8-14/h5,7,9-11,14,17H,3-4,6,8,12-13H2,1-2H3,(H,26,27,28). The highest BCUT2D eigenvalue weighted by Crippen LogP contribution is 2.39. The van der Waals surface area contributed by atoms with Crippen LogP contribution in [-0.2, 0) is 11.8 Å². The summed E-state index contributed by atoms with van der Waals surface area (Å²) in [7, 11) is 1.68. The van der Waals surface area contributed by atoms with Crippen LogP contribution in [0.3, 0.4) is 0 Å². The fraction of sp³-hybridized carbons (Fsp3) is 0.417. The second kappa shape index (κ2) is 8.67. The molecule has 9 heteroatoms. The fourth-order valence-corrected chi connectivity index (χ4v) is 4.92. The smallest absolute Gasteiger partial charge is 0.293 e. The minimum absolute atomic E-state index is 0.0620. The Hall–Kier alpha value is -3.13. The van der Waals surface area contributed by atoms with Crippen LogP contribution >= 0.6 is 11.6 Å². The number of ether oxygens (including phenoxy) is 1. The summed E-state index contributed by atoms with van der Waals surface area (Å²) in [4.78, 5) is 35.7. The number of pyridine rings is 1. The van der Waals surface area contributed by atoms with E-state index in [1.54, 1.807) is 26.2 Å². The Labute approximate surface area is 196 Å². The van der Waals surface area contributed by atoms with E-state index in [0.717, 1.165) is 29.1 Å². The van der Waals surface area contributed by atoms with Gasteiger partial charge in [-0.3, -0.25) is 9.59 Å². The van der Waals surface area contributed by atoms with Crippen LogP contribution in [0.2, 0.25) is 5.02 Å². The molecule has 1 saturated heterocycles. The average molecular weight is 468 g/mol. The maximum atomic E-state index is 12.6. The molecular formula is C24H26ClN5O3. The molecular weight excluding hydrogens is 442 g/mol. The molecule has 172 valence electrons. The first-order valence-corrected chi connectivity index (χ1v) is 11.6. The van der Waals surface area contributed by atoms with Gasteiger partial charge in [0.25, 0.3) is 5.56 Å².